The van der Waals surface area contributed by atoms with E-state index in [1.807, 2.05) is 12.3 Å². The number of aliphatic hydroxyl groups excluding tert-OH is 1. The van der Waals surface area contributed by atoms with Gasteiger partial charge in [0.25, 0.3) is 0 Å². The lowest BCUT2D eigenvalue weighted by Gasteiger charge is -2.22. The first kappa shape index (κ1) is 12.6. The van der Waals surface area contributed by atoms with Gasteiger partial charge in [-0.05, 0) is 25.3 Å². The molecule has 0 aliphatic heterocycles. The van der Waals surface area contributed by atoms with Crippen molar-refractivity contribution in [1.29, 1.82) is 0 Å². The van der Waals surface area contributed by atoms with E-state index in [2.05, 4.69) is 4.57 Å². The summed E-state index contributed by atoms with van der Waals surface area (Å²) in [6.07, 6.45) is 4.80. The van der Waals surface area contributed by atoms with E-state index in [0.717, 1.165) is 31.4 Å². The summed E-state index contributed by atoms with van der Waals surface area (Å²) in [6.45, 7) is 1.37. The molecule has 1 heterocycles. The standard InChI is InChI=1S/C13H21NO3/c1-16-9-10(17-2)8-14-7-6-11-12(14)4-3-5-13(11)15/h6-7,10,13,15H,3-5,8-9H2,1-2H3. The van der Waals surface area contributed by atoms with Gasteiger partial charge >= 0.3 is 0 Å². The molecule has 96 valence electrons. The van der Waals surface area contributed by atoms with E-state index in [0.29, 0.717) is 6.61 Å². The lowest BCUT2D eigenvalue weighted by Crippen LogP contribution is -2.25. The number of ether oxygens (including phenoxy) is 2. The third-order valence-electron chi connectivity index (χ3n) is 3.45. The van der Waals surface area contributed by atoms with Gasteiger partial charge in [-0.15, -0.1) is 0 Å². The van der Waals surface area contributed by atoms with Gasteiger partial charge in [-0.25, -0.2) is 0 Å². The van der Waals surface area contributed by atoms with Crippen LogP contribution in [0.2, 0.25) is 0 Å². The zero-order chi connectivity index (χ0) is 12.3. The Morgan fingerprint density at radius 1 is 1.53 bits per heavy atom. The highest BCUT2D eigenvalue weighted by Crippen LogP contribution is 2.30. The Morgan fingerprint density at radius 2 is 2.35 bits per heavy atom. The number of fused-ring (bicyclic) bond motifs is 1. The molecule has 1 aromatic rings. The van der Waals surface area contributed by atoms with E-state index in [1.165, 1.54) is 5.69 Å². The molecule has 0 fully saturated rings. The van der Waals surface area contributed by atoms with Crippen molar-refractivity contribution in [3.05, 3.63) is 23.5 Å². The van der Waals surface area contributed by atoms with Crippen LogP contribution in [0.15, 0.2) is 12.3 Å². The number of methoxy groups -OCH3 is 2. The van der Waals surface area contributed by atoms with Crippen LogP contribution in [0.25, 0.3) is 0 Å². The predicted molar refractivity (Wildman–Crippen MR) is 65.0 cm³/mol. The average Bonchev–Trinajstić information content (AvgIpc) is 2.73. The van der Waals surface area contributed by atoms with Crippen LogP contribution in [0.5, 0.6) is 0 Å². The highest BCUT2D eigenvalue weighted by Gasteiger charge is 2.22. The monoisotopic (exact) mass is 239 g/mol. The van der Waals surface area contributed by atoms with Crippen LogP contribution in [0, 0.1) is 0 Å². The Morgan fingerprint density at radius 3 is 3.06 bits per heavy atom. The van der Waals surface area contributed by atoms with Gasteiger partial charge in [-0.1, -0.05) is 0 Å². The van der Waals surface area contributed by atoms with Crippen molar-refractivity contribution in [2.75, 3.05) is 20.8 Å². The molecule has 0 amide bonds. The minimum absolute atomic E-state index is 0.0653. The van der Waals surface area contributed by atoms with E-state index in [-0.39, 0.29) is 12.2 Å². The molecule has 1 aliphatic rings. The third kappa shape index (κ3) is 2.70. The zero-order valence-corrected chi connectivity index (χ0v) is 10.6. The van der Waals surface area contributed by atoms with Crippen LogP contribution >= 0.6 is 0 Å². The normalized spacial score (nSPS) is 21.2. The molecule has 0 saturated heterocycles. The Kier molecular flexibility index (Phi) is 4.20. The third-order valence-corrected chi connectivity index (χ3v) is 3.45. The number of hydrogen-bond acceptors (Lipinski definition) is 3. The summed E-state index contributed by atoms with van der Waals surface area (Å²) in [4.78, 5) is 0. The van der Waals surface area contributed by atoms with Crippen LogP contribution in [0.3, 0.4) is 0 Å². The van der Waals surface area contributed by atoms with Crippen molar-refractivity contribution in [1.82, 2.24) is 4.57 Å². The lowest BCUT2D eigenvalue weighted by atomic mass is 9.95. The van der Waals surface area contributed by atoms with Crippen molar-refractivity contribution in [2.45, 2.75) is 38.0 Å². The fourth-order valence-corrected chi connectivity index (χ4v) is 2.50. The first-order chi connectivity index (χ1) is 8.26. The summed E-state index contributed by atoms with van der Waals surface area (Å²) in [7, 11) is 3.38. The molecule has 4 heteroatoms. The molecule has 1 aliphatic carbocycles. The molecule has 4 nitrogen and oxygen atoms in total. The quantitative estimate of drug-likeness (QED) is 0.847. The summed E-state index contributed by atoms with van der Waals surface area (Å²) in [5.74, 6) is 0. The Bertz CT molecular complexity index is 362. The number of nitrogens with zero attached hydrogens (tertiary/aromatic N) is 1. The fourth-order valence-electron chi connectivity index (χ4n) is 2.50. The summed E-state index contributed by atoms with van der Waals surface area (Å²) < 4.78 is 12.7. The van der Waals surface area contributed by atoms with Crippen molar-refractivity contribution >= 4 is 0 Å². The van der Waals surface area contributed by atoms with Crippen LogP contribution < -0.4 is 0 Å². The van der Waals surface area contributed by atoms with Crippen LogP contribution in [0.1, 0.15) is 30.2 Å². The molecule has 0 radical (unpaired) electrons. The smallest absolute Gasteiger partial charge is 0.0982 e. The molecular formula is C13H21NO3. The van der Waals surface area contributed by atoms with Crippen LogP contribution in [0.4, 0.5) is 0 Å². The summed E-state index contributed by atoms with van der Waals surface area (Å²) in [5, 5.41) is 9.90. The van der Waals surface area contributed by atoms with Crippen molar-refractivity contribution < 1.29 is 14.6 Å². The molecule has 0 aromatic carbocycles. The minimum atomic E-state index is -0.288. The second kappa shape index (κ2) is 5.67. The molecule has 0 spiro atoms. The number of aliphatic hydroxyl groups is 1. The van der Waals surface area contributed by atoms with Gasteiger partial charge < -0.3 is 19.1 Å². The van der Waals surface area contributed by atoms with Crippen LogP contribution in [-0.2, 0) is 22.4 Å². The molecule has 17 heavy (non-hydrogen) atoms. The fraction of sp³-hybridized carbons (Fsp3) is 0.692. The van der Waals surface area contributed by atoms with Crippen LogP contribution in [-0.4, -0.2) is 36.6 Å². The number of rotatable bonds is 5. The van der Waals surface area contributed by atoms with Gasteiger partial charge in [0.1, 0.15) is 0 Å². The highest BCUT2D eigenvalue weighted by molar-refractivity contribution is 5.27. The maximum Gasteiger partial charge on any atom is 0.0982 e. The van der Waals surface area contributed by atoms with Gasteiger partial charge in [0.15, 0.2) is 0 Å². The number of hydrogen-bond donors (Lipinski definition) is 1. The summed E-state index contributed by atoms with van der Waals surface area (Å²) in [5.41, 5.74) is 2.34. The van der Waals surface area contributed by atoms with Gasteiger partial charge in [0, 0.05) is 31.7 Å². The Balaban J connectivity index is 2.11. The first-order valence-corrected chi connectivity index (χ1v) is 6.14. The van der Waals surface area contributed by atoms with Crippen molar-refractivity contribution in [3.63, 3.8) is 0 Å². The zero-order valence-electron chi connectivity index (χ0n) is 10.6. The second-order valence-electron chi connectivity index (χ2n) is 4.59. The molecule has 0 bridgehead atoms. The molecule has 1 N–H and O–H groups in total. The predicted octanol–water partition coefficient (Wildman–Crippen LogP) is 1.52. The van der Waals surface area contributed by atoms with Gasteiger partial charge in [-0.3, -0.25) is 0 Å². The van der Waals surface area contributed by atoms with E-state index in [4.69, 9.17) is 9.47 Å². The molecule has 2 atom stereocenters. The molecular weight excluding hydrogens is 218 g/mol. The minimum Gasteiger partial charge on any atom is -0.388 e. The van der Waals surface area contributed by atoms with Crippen molar-refractivity contribution in [2.24, 2.45) is 0 Å². The lowest BCUT2D eigenvalue weighted by molar-refractivity contribution is 0.0178. The van der Waals surface area contributed by atoms with E-state index in [1.54, 1.807) is 14.2 Å². The molecule has 2 unspecified atom stereocenters. The SMILES string of the molecule is COCC(Cn1ccc2c1CCCC2O)OC. The summed E-state index contributed by atoms with van der Waals surface area (Å²) >= 11 is 0. The topological polar surface area (TPSA) is 43.6 Å². The van der Waals surface area contributed by atoms with E-state index in [9.17, 15) is 5.11 Å². The molecule has 0 saturated carbocycles. The van der Waals surface area contributed by atoms with E-state index < -0.39 is 0 Å². The van der Waals surface area contributed by atoms with Gasteiger partial charge in [-0.2, -0.15) is 0 Å². The number of aromatic nitrogens is 1. The Labute approximate surface area is 102 Å². The average molecular weight is 239 g/mol. The van der Waals surface area contributed by atoms with Gasteiger partial charge in [0.2, 0.25) is 0 Å². The second-order valence-corrected chi connectivity index (χ2v) is 4.59. The summed E-state index contributed by atoms with van der Waals surface area (Å²) in [6, 6.07) is 2.03. The Hall–Kier alpha value is -0.840. The van der Waals surface area contributed by atoms with Crippen molar-refractivity contribution in [3.8, 4) is 0 Å². The largest absolute Gasteiger partial charge is 0.388 e. The molecule has 2 rings (SSSR count). The maximum atomic E-state index is 9.90. The van der Waals surface area contributed by atoms with Gasteiger partial charge in [0.05, 0.1) is 25.4 Å². The maximum absolute atomic E-state index is 9.90. The van der Waals surface area contributed by atoms with E-state index >= 15 is 0 Å². The molecule has 1 aromatic heterocycles. The first-order valence-electron chi connectivity index (χ1n) is 6.14. The highest BCUT2D eigenvalue weighted by atomic mass is 16.5.